The summed E-state index contributed by atoms with van der Waals surface area (Å²) < 4.78 is 33.3. The van der Waals surface area contributed by atoms with Crippen molar-refractivity contribution in [3.05, 3.63) is 34.3 Å². The fourth-order valence-electron chi connectivity index (χ4n) is 3.04. The lowest BCUT2D eigenvalue weighted by atomic mass is 10.1. The number of anilines is 1. The van der Waals surface area contributed by atoms with Crippen LogP contribution in [0.2, 0.25) is 0 Å². The van der Waals surface area contributed by atoms with Crippen molar-refractivity contribution >= 4 is 48.3 Å². The molecule has 1 fully saturated rings. The first-order valence-corrected chi connectivity index (χ1v) is 9.38. The average molecular weight is 397 g/mol. The molecule has 120 valence electrons. The monoisotopic (exact) mass is 396 g/mol. The SMILES string of the molecule is O=C1Nc2c(Br)cc(S(=O)(=O)N3CCOCC3)c3cccc1c23. The molecule has 0 aromatic heterocycles. The second kappa shape index (κ2) is 5.27. The number of ether oxygens (including phenoxy) is 1. The number of rotatable bonds is 2. The highest BCUT2D eigenvalue weighted by Crippen LogP contribution is 2.42. The van der Waals surface area contributed by atoms with Crippen molar-refractivity contribution in [3.63, 3.8) is 0 Å². The van der Waals surface area contributed by atoms with Crippen molar-refractivity contribution in [3.8, 4) is 0 Å². The van der Waals surface area contributed by atoms with Gasteiger partial charge in [0.15, 0.2) is 0 Å². The van der Waals surface area contributed by atoms with E-state index in [4.69, 9.17) is 4.74 Å². The van der Waals surface area contributed by atoms with Crippen molar-refractivity contribution in [1.29, 1.82) is 0 Å². The van der Waals surface area contributed by atoms with E-state index >= 15 is 0 Å². The Bertz CT molecular complexity index is 936. The second-order valence-corrected chi connectivity index (χ2v) is 8.19. The normalized spacial score (nSPS) is 18.4. The molecule has 1 N–H and O–H groups in total. The molecule has 0 saturated carbocycles. The van der Waals surface area contributed by atoms with Gasteiger partial charge in [0.1, 0.15) is 0 Å². The van der Waals surface area contributed by atoms with Crippen molar-refractivity contribution in [2.24, 2.45) is 0 Å². The molecule has 4 rings (SSSR count). The Labute approximate surface area is 141 Å². The molecule has 8 heteroatoms. The number of carbonyl (C=O) groups is 1. The van der Waals surface area contributed by atoms with Crippen LogP contribution < -0.4 is 5.32 Å². The summed E-state index contributed by atoms with van der Waals surface area (Å²) in [7, 11) is -3.65. The van der Waals surface area contributed by atoms with Gasteiger partial charge in [-0.05, 0) is 28.1 Å². The van der Waals surface area contributed by atoms with Crippen molar-refractivity contribution in [2.45, 2.75) is 4.90 Å². The van der Waals surface area contributed by atoms with Crippen LogP contribution in [-0.4, -0.2) is 44.9 Å². The maximum Gasteiger partial charge on any atom is 0.256 e. The summed E-state index contributed by atoms with van der Waals surface area (Å²) in [5.41, 5.74) is 1.12. The van der Waals surface area contributed by atoms with Crippen LogP contribution in [-0.2, 0) is 14.8 Å². The Hall–Kier alpha value is -1.48. The van der Waals surface area contributed by atoms with Gasteiger partial charge in [0.05, 0.1) is 23.8 Å². The van der Waals surface area contributed by atoms with E-state index in [1.165, 1.54) is 4.31 Å². The zero-order chi connectivity index (χ0) is 16.2. The first kappa shape index (κ1) is 15.1. The van der Waals surface area contributed by atoms with Gasteiger partial charge in [0.25, 0.3) is 5.91 Å². The summed E-state index contributed by atoms with van der Waals surface area (Å²) in [6.45, 7) is 1.45. The minimum atomic E-state index is -3.65. The molecule has 2 aliphatic heterocycles. The van der Waals surface area contributed by atoms with Crippen molar-refractivity contribution in [2.75, 3.05) is 31.6 Å². The molecule has 0 atom stereocenters. The number of carbonyl (C=O) groups excluding carboxylic acids is 1. The third kappa shape index (κ3) is 2.20. The van der Waals surface area contributed by atoms with E-state index in [1.807, 2.05) is 0 Å². The Morgan fingerprint density at radius 2 is 1.96 bits per heavy atom. The summed E-state index contributed by atoms with van der Waals surface area (Å²) in [5.74, 6) is -0.216. The first-order valence-electron chi connectivity index (χ1n) is 7.14. The van der Waals surface area contributed by atoms with Gasteiger partial charge in [-0.2, -0.15) is 4.31 Å². The summed E-state index contributed by atoms with van der Waals surface area (Å²) in [6.07, 6.45) is 0. The molecule has 2 aromatic carbocycles. The minimum absolute atomic E-state index is 0.211. The molecule has 0 aliphatic carbocycles. The van der Waals surface area contributed by atoms with E-state index in [0.29, 0.717) is 52.8 Å². The predicted molar refractivity (Wildman–Crippen MR) is 89.2 cm³/mol. The first-order chi connectivity index (χ1) is 11.0. The van der Waals surface area contributed by atoms with Gasteiger partial charge in [-0.3, -0.25) is 4.79 Å². The molecule has 0 spiro atoms. The van der Waals surface area contributed by atoms with Crippen molar-refractivity contribution in [1.82, 2.24) is 4.31 Å². The second-order valence-electron chi connectivity index (χ2n) is 5.43. The minimum Gasteiger partial charge on any atom is -0.379 e. The van der Waals surface area contributed by atoms with Gasteiger partial charge < -0.3 is 10.1 Å². The number of benzene rings is 2. The molecule has 0 radical (unpaired) electrons. The molecular weight excluding hydrogens is 384 g/mol. The lowest BCUT2D eigenvalue weighted by molar-refractivity contribution is 0.0730. The van der Waals surface area contributed by atoms with E-state index in [-0.39, 0.29) is 10.8 Å². The van der Waals surface area contributed by atoms with E-state index in [9.17, 15) is 13.2 Å². The van der Waals surface area contributed by atoms with Gasteiger partial charge in [0, 0.05) is 33.9 Å². The Morgan fingerprint density at radius 3 is 2.70 bits per heavy atom. The summed E-state index contributed by atoms with van der Waals surface area (Å²) in [5, 5.41) is 4.00. The van der Waals surface area contributed by atoms with Gasteiger partial charge in [0.2, 0.25) is 10.0 Å². The zero-order valence-corrected chi connectivity index (χ0v) is 14.4. The zero-order valence-electron chi connectivity index (χ0n) is 12.0. The fraction of sp³-hybridized carbons (Fsp3) is 0.267. The predicted octanol–water partition coefficient (Wildman–Crippen LogP) is 2.19. The van der Waals surface area contributed by atoms with Crippen LogP contribution in [0.3, 0.4) is 0 Å². The van der Waals surface area contributed by atoms with Crippen LogP contribution in [0, 0.1) is 0 Å². The van der Waals surface area contributed by atoms with Gasteiger partial charge >= 0.3 is 0 Å². The van der Waals surface area contributed by atoms with Gasteiger partial charge in [-0.25, -0.2) is 8.42 Å². The quantitative estimate of drug-likeness (QED) is 0.843. The number of nitrogens with one attached hydrogen (secondary N) is 1. The van der Waals surface area contributed by atoms with E-state index in [0.717, 1.165) is 0 Å². The van der Waals surface area contributed by atoms with Crippen LogP contribution in [0.4, 0.5) is 5.69 Å². The Morgan fingerprint density at radius 1 is 1.22 bits per heavy atom. The van der Waals surface area contributed by atoms with Crippen LogP contribution in [0.15, 0.2) is 33.6 Å². The summed E-state index contributed by atoms with van der Waals surface area (Å²) >= 11 is 3.38. The van der Waals surface area contributed by atoms with Crippen LogP contribution in [0.5, 0.6) is 0 Å². The fourth-order valence-corrected chi connectivity index (χ4v) is 5.34. The number of sulfonamides is 1. The smallest absolute Gasteiger partial charge is 0.256 e. The van der Waals surface area contributed by atoms with E-state index in [1.54, 1.807) is 24.3 Å². The average Bonchev–Trinajstić information content (AvgIpc) is 2.90. The number of halogens is 1. The van der Waals surface area contributed by atoms with Crippen LogP contribution >= 0.6 is 15.9 Å². The van der Waals surface area contributed by atoms with Crippen LogP contribution in [0.25, 0.3) is 10.8 Å². The third-order valence-electron chi connectivity index (χ3n) is 4.15. The number of hydrogen-bond acceptors (Lipinski definition) is 4. The molecular formula is C15H13BrN2O4S. The lowest BCUT2D eigenvalue weighted by Crippen LogP contribution is -2.40. The molecule has 0 bridgehead atoms. The largest absolute Gasteiger partial charge is 0.379 e. The molecule has 1 saturated heterocycles. The molecule has 2 heterocycles. The standard InChI is InChI=1S/C15H13BrN2O4S/c16-11-8-12(23(20,21)18-4-6-22-7-5-18)9-2-1-3-10-13(9)14(11)17-15(10)19/h1-3,8H,4-7H2,(H,17,19). The van der Waals surface area contributed by atoms with E-state index in [2.05, 4.69) is 21.2 Å². The molecule has 0 unspecified atom stereocenters. The van der Waals surface area contributed by atoms with Gasteiger partial charge in [-0.1, -0.05) is 12.1 Å². The number of amides is 1. The number of nitrogens with zero attached hydrogens (tertiary/aromatic N) is 1. The number of hydrogen-bond donors (Lipinski definition) is 1. The molecule has 2 aromatic rings. The summed E-state index contributed by atoms with van der Waals surface area (Å²) in [4.78, 5) is 12.3. The highest BCUT2D eigenvalue weighted by molar-refractivity contribution is 9.10. The van der Waals surface area contributed by atoms with Crippen LogP contribution in [0.1, 0.15) is 10.4 Å². The molecule has 6 nitrogen and oxygen atoms in total. The van der Waals surface area contributed by atoms with E-state index < -0.39 is 10.0 Å². The molecule has 2 aliphatic rings. The maximum absolute atomic E-state index is 13.0. The lowest BCUT2D eigenvalue weighted by Gasteiger charge is -2.26. The molecule has 23 heavy (non-hydrogen) atoms. The molecule has 1 amide bonds. The highest BCUT2D eigenvalue weighted by Gasteiger charge is 2.32. The third-order valence-corrected chi connectivity index (χ3v) is 6.71. The van der Waals surface area contributed by atoms with Gasteiger partial charge in [-0.15, -0.1) is 0 Å². The topological polar surface area (TPSA) is 75.7 Å². The highest BCUT2D eigenvalue weighted by atomic mass is 79.9. The van der Waals surface area contributed by atoms with Crippen molar-refractivity contribution < 1.29 is 17.9 Å². The summed E-state index contributed by atoms with van der Waals surface area (Å²) in [6, 6.07) is 6.71. The maximum atomic E-state index is 13.0. The Kier molecular flexibility index (Phi) is 3.45. The number of morpholine rings is 1. The Balaban J connectivity index is 1.99.